The highest BCUT2D eigenvalue weighted by Crippen LogP contribution is 2.30. The minimum Gasteiger partial charge on any atom is -0.490 e. The van der Waals surface area contributed by atoms with Crippen molar-refractivity contribution in [3.05, 3.63) is 23.8 Å². The van der Waals surface area contributed by atoms with Crippen molar-refractivity contribution in [2.45, 2.75) is 26.4 Å². The lowest BCUT2D eigenvalue weighted by atomic mass is 9.96. The number of primary amides is 1. The molecule has 8 nitrogen and oxygen atoms in total. The molecule has 0 aliphatic carbocycles. The molecule has 28 heavy (non-hydrogen) atoms. The van der Waals surface area contributed by atoms with Crippen LogP contribution in [0, 0.1) is 5.92 Å². The van der Waals surface area contributed by atoms with Crippen LogP contribution in [-0.2, 0) is 14.3 Å². The molecule has 154 valence electrons. The van der Waals surface area contributed by atoms with Crippen LogP contribution >= 0.6 is 0 Å². The van der Waals surface area contributed by atoms with Gasteiger partial charge in [0.2, 0.25) is 5.91 Å². The largest absolute Gasteiger partial charge is 0.490 e. The highest BCUT2D eigenvalue weighted by atomic mass is 19.3. The van der Waals surface area contributed by atoms with Gasteiger partial charge in [0.25, 0.3) is 5.91 Å². The molecular formula is C18H22F2N2O6. The van der Waals surface area contributed by atoms with Gasteiger partial charge in [0.1, 0.15) is 0 Å². The third-order valence-corrected chi connectivity index (χ3v) is 4.27. The van der Waals surface area contributed by atoms with Crippen LogP contribution in [0.2, 0.25) is 0 Å². The predicted molar refractivity (Wildman–Crippen MR) is 93.0 cm³/mol. The van der Waals surface area contributed by atoms with Gasteiger partial charge in [-0.1, -0.05) is 0 Å². The summed E-state index contributed by atoms with van der Waals surface area (Å²) in [5.74, 6) is -2.07. The zero-order valence-electron chi connectivity index (χ0n) is 15.4. The van der Waals surface area contributed by atoms with E-state index in [1.165, 1.54) is 23.1 Å². The fraction of sp³-hybridized carbons (Fsp3) is 0.500. The minimum absolute atomic E-state index is 0.0305. The van der Waals surface area contributed by atoms with Gasteiger partial charge in [-0.15, -0.1) is 0 Å². The van der Waals surface area contributed by atoms with Crippen molar-refractivity contribution < 1.29 is 37.4 Å². The fourth-order valence-electron chi connectivity index (χ4n) is 2.81. The fourth-order valence-corrected chi connectivity index (χ4v) is 2.81. The maximum absolute atomic E-state index is 12.4. The van der Waals surface area contributed by atoms with Crippen LogP contribution in [0.3, 0.4) is 0 Å². The summed E-state index contributed by atoms with van der Waals surface area (Å²) in [7, 11) is 0. The maximum Gasteiger partial charge on any atom is 0.387 e. The number of halogens is 2. The van der Waals surface area contributed by atoms with Gasteiger partial charge in [-0.25, -0.2) is 4.79 Å². The Kier molecular flexibility index (Phi) is 7.53. The smallest absolute Gasteiger partial charge is 0.387 e. The number of amides is 2. The molecule has 10 heteroatoms. The molecule has 0 radical (unpaired) electrons. The molecule has 1 fully saturated rings. The molecule has 0 bridgehead atoms. The minimum atomic E-state index is -3.03. The summed E-state index contributed by atoms with van der Waals surface area (Å²) >= 11 is 0. The van der Waals surface area contributed by atoms with Crippen molar-refractivity contribution in [3.8, 4) is 11.5 Å². The molecule has 2 amide bonds. The monoisotopic (exact) mass is 400 g/mol. The quantitative estimate of drug-likeness (QED) is 0.664. The predicted octanol–water partition coefficient (Wildman–Crippen LogP) is 1.57. The van der Waals surface area contributed by atoms with Crippen molar-refractivity contribution in [2.75, 3.05) is 26.3 Å². The number of ether oxygens (including phenoxy) is 3. The molecule has 1 aliphatic heterocycles. The second kappa shape index (κ2) is 9.86. The SMILES string of the molecule is CCOc1cc(C(=O)OCC(=O)N2CCC(C(N)=O)CC2)ccc1OC(F)F. The number of alkyl halides is 2. The summed E-state index contributed by atoms with van der Waals surface area (Å²) < 4.78 is 39.4. The van der Waals surface area contributed by atoms with Gasteiger partial charge in [-0.2, -0.15) is 8.78 Å². The molecule has 0 unspecified atom stereocenters. The first-order valence-electron chi connectivity index (χ1n) is 8.77. The topological polar surface area (TPSA) is 108 Å². The third-order valence-electron chi connectivity index (χ3n) is 4.27. The van der Waals surface area contributed by atoms with E-state index in [0.29, 0.717) is 25.9 Å². The molecule has 1 aromatic rings. The average Bonchev–Trinajstić information content (AvgIpc) is 2.67. The Bertz CT molecular complexity index is 720. The van der Waals surface area contributed by atoms with E-state index >= 15 is 0 Å². The third kappa shape index (κ3) is 5.80. The average molecular weight is 400 g/mol. The van der Waals surface area contributed by atoms with E-state index in [-0.39, 0.29) is 41.4 Å². The summed E-state index contributed by atoms with van der Waals surface area (Å²) in [6.45, 7) is -0.960. The second-order valence-corrected chi connectivity index (χ2v) is 6.11. The molecule has 0 spiro atoms. The molecule has 2 N–H and O–H groups in total. The Morgan fingerprint density at radius 2 is 1.89 bits per heavy atom. The Morgan fingerprint density at radius 3 is 2.46 bits per heavy atom. The first-order chi connectivity index (χ1) is 13.3. The summed E-state index contributed by atoms with van der Waals surface area (Å²) in [6.07, 6.45) is 0.941. The number of carbonyl (C=O) groups is 3. The van der Waals surface area contributed by atoms with Crippen LogP contribution in [0.4, 0.5) is 8.78 Å². The number of rotatable bonds is 8. The maximum atomic E-state index is 12.4. The normalized spacial score (nSPS) is 14.6. The number of esters is 1. The van der Waals surface area contributed by atoms with Crippen LogP contribution in [0.1, 0.15) is 30.1 Å². The van der Waals surface area contributed by atoms with Crippen molar-refractivity contribution >= 4 is 17.8 Å². The van der Waals surface area contributed by atoms with Crippen LogP contribution in [0.5, 0.6) is 11.5 Å². The lowest BCUT2D eigenvalue weighted by Gasteiger charge is -2.30. The lowest BCUT2D eigenvalue weighted by Crippen LogP contribution is -2.43. The van der Waals surface area contributed by atoms with Crippen molar-refractivity contribution in [2.24, 2.45) is 11.7 Å². The number of hydrogen-bond donors (Lipinski definition) is 1. The number of benzene rings is 1. The highest BCUT2D eigenvalue weighted by Gasteiger charge is 2.26. The van der Waals surface area contributed by atoms with Gasteiger partial charge in [-0.05, 0) is 38.0 Å². The molecule has 1 aromatic carbocycles. The van der Waals surface area contributed by atoms with E-state index in [4.69, 9.17) is 15.2 Å². The van der Waals surface area contributed by atoms with E-state index in [9.17, 15) is 23.2 Å². The Balaban J connectivity index is 1.92. The molecule has 1 aliphatic rings. The number of piperidine rings is 1. The molecule has 0 saturated carbocycles. The number of nitrogens with zero attached hydrogens (tertiary/aromatic N) is 1. The molecule has 0 atom stereocenters. The lowest BCUT2D eigenvalue weighted by molar-refractivity contribution is -0.137. The van der Waals surface area contributed by atoms with E-state index < -0.39 is 19.2 Å². The molecule has 2 rings (SSSR count). The van der Waals surface area contributed by atoms with Gasteiger partial charge in [0, 0.05) is 19.0 Å². The standard InChI is InChI=1S/C18H22F2N2O6/c1-2-26-14-9-12(3-4-13(14)28-18(19)20)17(25)27-10-15(23)22-7-5-11(6-8-22)16(21)24/h3-4,9,11,18H,2,5-8,10H2,1H3,(H2,21,24). The molecule has 0 aromatic heterocycles. The Labute approximate surface area is 160 Å². The number of nitrogens with two attached hydrogens (primary N) is 1. The molecule has 1 heterocycles. The number of likely N-dealkylation sites (tertiary alicyclic amines) is 1. The van der Waals surface area contributed by atoms with Crippen LogP contribution in [0.15, 0.2) is 18.2 Å². The zero-order chi connectivity index (χ0) is 20.7. The van der Waals surface area contributed by atoms with Gasteiger partial charge in [0.15, 0.2) is 18.1 Å². The molecular weight excluding hydrogens is 378 g/mol. The van der Waals surface area contributed by atoms with E-state index in [1.807, 2.05) is 0 Å². The summed E-state index contributed by atoms with van der Waals surface area (Å²) in [6, 6.07) is 3.63. The van der Waals surface area contributed by atoms with Gasteiger partial charge in [-0.3, -0.25) is 9.59 Å². The number of carbonyl (C=O) groups excluding carboxylic acids is 3. The molecule has 1 saturated heterocycles. The Hall–Kier alpha value is -2.91. The van der Waals surface area contributed by atoms with E-state index in [1.54, 1.807) is 6.92 Å². The first kappa shape index (κ1) is 21.4. The second-order valence-electron chi connectivity index (χ2n) is 6.11. The van der Waals surface area contributed by atoms with Crippen molar-refractivity contribution in [1.29, 1.82) is 0 Å². The van der Waals surface area contributed by atoms with E-state index in [0.717, 1.165) is 0 Å². The zero-order valence-corrected chi connectivity index (χ0v) is 15.4. The van der Waals surface area contributed by atoms with Crippen molar-refractivity contribution in [3.63, 3.8) is 0 Å². The van der Waals surface area contributed by atoms with Gasteiger partial charge >= 0.3 is 12.6 Å². The van der Waals surface area contributed by atoms with Crippen molar-refractivity contribution in [1.82, 2.24) is 4.90 Å². The summed E-state index contributed by atoms with van der Waals surface area (Å²) in [5, 5.41) is 0. The van der Waals surface area contributed by atoms with Crippen LogP contribution < -0.4 is 15.2 Å². The number of hydrogen-bond acceptors (Lipinski definition) is 6. The van der Waals surface area contributed by atoms with Gasteiger partial charge in [0.05, 0.1) is 12.2 Å². The summed E-state index contributed by atoms with van der Waals surface area (Å²) in [5.41, 5.74) is 5.28. The van der Waals surface area contributed by atoms with E-state index in [2.05, 4.69) is 4.74 Å². The summed E-state index contributed by atoms with van der Waals surface area (Å²) in [4.78, 5) is 37.0. The first-order valence-corrected chi connectivity index (χ1v) is 8.77. The van der Waals surface area contributed by atoms with Crippen LogP contribution in [0.25, 0.3) is 0 Å². The Morgan fingerprint density at radius 1 is 1.21 bits per heavy atom. The highest BCUT2D eigenvalue weighted by molar-refractivity contribution is 5.92. The van der Waals surface area contributed by atoms with Gasteiger partial charge < -0.3 is 24.8 Å². The van der Waals surface area contributed by atoms with Crippen LogP contribution in [-0.4, -0.2) is 55.6 Å².